The third-order valence-electron chi connectivity index (χ3n) is 6.02. The Bertz CT molecular complexity index is 1590. The second-order valence-corrected chi connectivity index (χ2v) is 10.9. The summed E-state index contributed by atoms with van der Waals surface area (Å²) in [5.41, 5.74) is -0.439. The Kier molecular flexibility index (Phi) is 5.39. The lowest BCUT2D eigenvalue weighted by Crippen LogP contribution is -2.34. The largest absolute Gasteiger partial charge is 0.459 e. The molecule has 4 aromatic rings. The number of hydrogen-bond donors (Lipinski definition) is 1. The van der Waals surface area contributed by atoms with Gasteiger partial charge < -0.3 is 4.57 Å². The molecule has 1 saturated carbocycles. The third-order valence-corrected chi connectivity index (χ3v) is 7.86. The van der Waals surface area contributed by atoms with Crippen molar-refractivity contribution in [3.63, 3.8) is 0 Å². The van der Waals surface area contributed by atoms with Crippen molar-refractivity contribution < 1.29 is 26.2 Å². The van der Waals surface area contributed by atoms with Gasteiger partial charge in [0.2, 0.25) is 0 Å². The molecule has 9 nitrogen and oxygen atoms in total. The summed E-state index contributed by atoms with van der Waals surface area (Å²) in [5.74, 6) is -4.83. The maximum Gasteiger partial charge on any atom is 0.459 e. The SMILES string of the molecule is CCS(=N)(=O)c1cc(-n2cc(C3CC3)cn2)cnc1-c1nc2cc(C(F)(F)C(F)(F)F)nnc2n1C. The molecule has 1 fully saturated rings. The van der Waals surface area contributed by atoms with Gasteiger partial charge in [-0.25, -0.2) is 23.6 Å². The number of aryl methyl sites for hydroxylation is 1. The first-order valence-corrected chi connectivity index (χ1v) is 12.5. The molecule has 5 rings (SSSR count). The van der Waals surface area contributed by atoms with E-state index in [1.165, 1.54) is 23.9 Å². The molecule has 0 aliphatic heterocycles. The summed E-state index contributed by atoms with van der Waals surface area (Å²) < 4.78 is 90.5. The summed E-state index contributed by atoms with van der Waals surface area (Å²) in [4.78, 5) is 8.53. The number of aromatic nitrogens is 7. The number of rotatable bonds is 6. The number of alkyl halides is 5. The lowest BCUT2D eigenvalue weighted by Gasteiger charge is -2.17. The van der Waals surface area contributed by atoms with E-state index in [4.69, 9.17) is 4.78 Å². The third kappa shape index (κ3) is 3.90. The molecular formula is C21H19F5N8OS. The van der Waals surface area contributed by atoms with Crippen LogP contribution < -0.4 is 0 Å². The van der Waals surface area contributed by atoms with Crippen molar-refractivity contribution in [1.82, 2.24) is 34.5 Å². The van der Waals surface area contributed by atoms with E-state index in [9.17, 15) is 26.2 Å². The lowest BCUT2D eigenvalue weighted by atomic mass is 10.2. The predicted molar refractivity (Wildman–Crippen MR) is 118 cm³/mol. The molecule has 0 amide bonds. The average Bonchev–Trinajstić information content (AvgIpc) is 3.47. The quantitative estimate of drug-likeness (QED) is 0.368. The monoisotopic (exact) mass is 526 g/mol. The molecule has 190 valence electrons. The fraction of sp³-hybridized carbons (Fsp3) is 0.381. The maximum atomic E-state index is 13.8. The van der Waals surface area contributed by atoms with Gasteiger partial charge in [-0.2, -0.15) is 27.1 Å². The Morgan fingerprint density at radius 1 is 1.14 bits per heavy atom. The van der Waals surface area contributed by atoms with Gasteiger partial charge in [-0.1, -0.05) is 6.92 Å². The van der Waals surface area contributed by atoms with Crippen molar-refractivity contribution in [3.05, 3.63) is 42.0 Å². The molecule has 36 heavy (non-hydrogen) atoms. The minimum absolute atomic E-state index is 0.0131. The standard InChI is InChI=1S/C21H19F5N8OS/c1-3-36(27,35)15-6-13(34-10-12(8-29-34)11-4-5-11)9-28-17(15)19-30-14-7-16(20(22,23)21(24,25)26)31-32-18(14)33(19)2/h6-11,27H,3-5H2,1-2H3. The highest BCUT2D eigenvalue weighted by atomic mass is 32.2. The Balaban J connectivity index is 1.65. The summed E-state index contributed by atoms with van der Waals surface area (Å²) in [6.45, 7) is 1.57. The number of imidazole rings is 1. The fourth-order valence-electron chi connectivity index (χ4n) is 3.74. The first kappa shape index (κ1) is 24.2. The van der Waals surface area contributed by atoms with Gasteiger partial charge in [-0.05, 0) is 36.5 Å². The van der Waals surface area contributed by atoms with Gasteiger partial charge in [-0.3, -0.25) is 0 Å². The van der Waals surface area contributed by atoms with Crippen LogP contribution >= 0.6 is 0 Å². The summed E-state index contributed by atoms with van der Waals surface area (Å²) >= 11 is 0. The molecule has 1 N–H and O–H groups in total. The first-order valence-electron chi connectivity index (χ1n) is 10.8. The van der Waals surface area contributed by atoms with Gasteiger partial charge in [0.15, 0.2) is 11.5 Å². The number of pyridine rings is 1. The summed E-state index contributed by atoms with van der Waals surface area (Å²) in [5, 5.41) is 10.9. The van der Waals surface area contributed by atoms with E-state index in [0.29, 0.717) is 17.7 Å². The molecule has 0 saturated heterocycles. The highest BCUT2D eigenvalue weighted by molar-refractivity contribution is 7.92. The summed E-state index contributed by atoms with van der Waals surface area (Å²) in [6.07, 6.45) is 1.31. The van der Waals surface area contributed by atoms with E-state index in [1.807, 2.05) is 6.20 Å². The fourth-order valence-corrected chi connectivity index (χ4v) is 4.81. The number of nitrogens with one attached hydrogen (secondary N) is 1. The van der Waals surface area contributed by atoms with Crippen LogP contribution in [0.5, 0.6) is 0 Å². The Morgan fingerprint density at radius 3 is 2.50 bits per heavy atom. The Morgan fingerprint density at radius 2 is 1.86 bits per heavy atom. The number of halogens is 5. The zero-order chi connectivity index (χ0) is 26.0. The molecular weight excluding hydrogens is 507 g/mol. The van der Waals surface area contributed by atoms with Crippen molar-refractivity contribution in [2.24, 2.45) is 7.05 Å². The zero-order valence-electron chi connectivity index (χ0n) is 18.9. The van der Waals surface area contributed by atoms with Crippen molar-refractivity contribution in [2.75, 3.05) is 5.75 Å². The van der Waals surface area contributed by atoms with Crippen LogP contribution in [0, 0.1) is 4.78 Å². The highest BCUT2D eigenvalue weighted by Crippen LogP contribution is 2.43. The van der Waals surface area contributed by atoms with Crippen LogP contribution in [0.2, 0.25) is 0 Å². The molecule has 4 heterocycles. The molecule has 0 radical (unpaired) electrons. The van der Waals surface area contributed by atoms with Gasteiger partial charge in [0.25, 0.3) is 0 Å². The van der Waals surface area contributed by atoms with Gasteiger partial charge in [0.1, 0.15) is 16.9 Å². The van der Waals surface area contributed by atoms with E-state index in [-0.39, 0.29) is 33.3 Å². The molecule has 4 aromatic heterocycles. The molecule has 0 aromatic carbocycles. The van der Waals surface area contributed by atoms with Gasteiger partial charge in [0.05, 0.1) is 32.7 Å². The molecule has 1 unspecified atom stereocenters. The van der Waals surface area contributed by atoms with Crippen LogP contribution in [0.15, 0.2) is 35.6 Å². The summed E-state index contributed by atoms with van der Waals surface area (Å²) in [7, 11) is -1.93. The van der Waals surface area contributed by atoms with Crippen molar-refractivity contribution >= 4 is 20.9 Å². The smallest absolute Gasteiger partial charge is 0.309 e. The van der Waals surface area contributed by atoms with Gasteiger partial charge >= 0.3 is 12.1 Å². The first-order chi connectivity index (χ1) is 16.8. The zero-order valence-corrected chi connectivity index (χ0v) is 19.7. The van der Waals surface area contributed by atoms with Crippen LogP contribution in [0.25, 0.3) is 28.4 Å². The van der Waals surface area contributed by atoms with Gasteiger partial charge in [0, 0.05) is 19.0 Å². The topological polar surface area (TPSA) is 115 Å². The average molecular weight is 526 g/mol. The molecule has 1 aliphatic rings. The molecule has 15 heteroatoms. The number of nitrogens with zero attached hydrogens (tertiary/aromatic N) is 7. The molecule has 0 bridgehead atoms. The van der Waals surface area contributed by atoms with E-state index in [2.05, 4.69) is 25.3 Å². The van der Waals surface area contributed by atoms with Crippen molar-refractivity contribution in [1.29, 1.82) is 4.78 Å². The van der Waals surface area contributed by atoms with Crippen LogP contribution in [-0.4, -0.2) is 50.7 Å². The summed E-state index contributed by atoms with van der Waals surface area (Å²) in [6, 6.07) is 2.01. The number of fused-ring (bicyclic) bond motifs is 1. The minimum atomic E-state index is -5.86. The lowest BCUT2D eigenvalue weighted by molar-refractivity contribution is -0.291. The molecule has 0 spiro atoms. The second kappa shape index (κ2) is 8.01. The van der Waals surface area contributed by atoms with Gasteiger partial charge in [-0.15, -0.1) is 10.2 Å². The van der Waals surface area contributed by atoms with Crippen LogP contribution in [0.1, 0.15) is 36.9 Å². The van der Waals surface area contributed by atoms with Crippen molar-refractivity contribution in [2.45, 2.75) is 42.7 Å². The van der Waals surface area contributed by atoms with Crippen LogP contribution in [0.3, 0.4) is 0 Å². The molecule has 1 aliphatic carbocycles. The van der Waals surface area contributed by atoms with E-state index < -0.39 is 27.5 Å². The molecule has 1 atom stereocenters. The van der Waals surface area contributed by atoms with Crippen LogP contribution in [0.4, 0.5) is 22.0 Å². The maximum absolute atomic E-state index is 13.8. The van der Waals surface area contributed by atoms with Crippen molar-refractivity contribution in [3.8, 4) is 17.2 Å². The predicted octanol–water partition coefficient (Wildman–Crippen LogP) is 4.57. The van der Waals surface area contributed by atoms with E-state index >= 15 is 0 Å². The van der Waals surface area contributed by atoms with Crippen LogP contribution in [-0.2, 0) is 22.7 Å². The highest BCUT2D eigenvalue weighted by Gasteiger charge is 2.60. The van der Waals surface area contributed by atoms with E-state index in [0.717, 1.165) is 18.4 Å². The van der Waals surface area contributed by atoms with E-state index in [1.54, 1.807) is 17.8 Å². The Hall–Kier alpha value is -3.49. The Labute approximate surface area is 201 Å². The second-order valence-electron chi connectivity index (χ2n) is 8.50. The number of hydrogen-bond acceptors (Lipinski definition) is 7. The minimum Gasteiger partial charge on any atom is -0.309 e. The normalized spacial score (nSPS) is 16.4.